The first-order chi connectivity index (χ1) is 3.41. The maximum absolute atomic E-state index is 4.46. The van der Waals surface area contributed by atoms with E-state index in [1.807, 2.05) is 13.3 Å². The summed E-state index contributed by atoms with van der Waals surface area (Å²) in [5, 5.41) is 0. The normalized spacial score (nSPS) is 8.14. The van der Waals surface area contributed by atoms with Crippen LogP contribution >= 0.6 is 0 Å². The average Bonchev–Trinajstić information content (AvgIpc) is 1.69. The summed E-state index contributed by atoms with van der Waals surface area (Å²) < 4.78 is 0. The molecule has 0 aromatic rings. The third-order valence-electron chi connectivity index (χ3n) is 0.371. The first-order valence-electron chi connectivity index (χ1n) is 2.08. The maximum Gasteiger partial charge on any atom is 0.122 e. The SMILES string of the molecule is C=COOC[CH]C. The minimum atomic E-state index is 0.506. The van der Waals surface area contributed by atoms with Crippen molar-refractivity contribution in [3.05, 3.63) is 19.3 Å². The topological polar surface area (TPSA) is 18.5 Å². The van der Waals surface area contributed by atoms with E-state index in [1.54, 1.807) is 0 Å². The van der Waals surface area contributed by atoms with E-state index < -0.39 is 0 Å². The third-order valence-corrected chi connectivity index (χ3v) is 0.371. The average molecular weight is 101 g/mol. The van der Waals surface area contributed by atoms with Crippen LogP contribution in [0.15, 0.2) is 12.8 Å². The van der Waals surface area contributed by atoms with Gasteiger partial charge < -0.3 is 4.89 Å². The standard InChI is InChI=1S/C5H9O2/c1-3-5-7-6-4-2/h3-4H,2,5H2,1H3. The van der Waals surface area contributed by atoms with Crippen molar-refractivity contribution in [2.24, 2.45) is 0 Å². The van der Waals surface area contributed by atoms with E-state index in [1.165, 1.54) is 6.26 Å². The van der Waals surface area contributed by atoms with Crippen LogP contribution in [-0.2, 0) is 9.78 Å². The van der Waals surface area contributed by atoms with Crippen LogP contribution in [0.2, 0.25) is 0 Å². The van der Waals surface area contributed by atoms with Gasteiger partial charge in [0.15, 0.2) is 0 Å². The molecule has 0 atom stereocenters. The minimum Gasteiger partial charge on any atom is -0.346 e. The van der Waals surface area contributed by atoms with Crippen molar-refractivity contribution >= 4 is 0 Å². The second-order valence-corrected chi connectivity index (χ2v) is 0.956. The summed E-state index contributed by atoms with van der Waals surface area (Å²) in [4.78, 5) is 8.76. The molecule has 7 heavy (non-hydrogen) atoms. The highest BCUT2D eigenvalue weighted by atomic mass is 17.2. The molecule has 0 saturated heterocycles. The molecule has 0 bridgehead atoms. The lowest BCUT2D eigenvalue weighted by Crippen LogP contribution is -1.88. The van der Waals surface area contributed by atoms with E-state index in [-0.39, 0.29) is 0 Å². The van der Waals surface area contributed by atoms with Crippen LogP contribution in [0.4, 0.5) is 0 Å². The molecule has 0 heterocycles. The zero-order valence-electron chi connectivity index (χ0n) is 4.39. The predicted molar refractivity (Wildman–Crippen MR) is 27.2 cm³/mol. The summed E-state index contributed by atoms with van der Waals surface area (Å²) in [6.45, 7) is 5.66. The molecule has 0 spiro atoms. The van der Waals surface area contributed by atoms with Gasteiger partial charge in [-0.2, -0.15) is 4.89 Å². The fourth-order valence-corrected chi connectivity index (χ4v) is 0.155. The Hall–Kier alpha value is -0.500. The van der Waals surface area contributed by atoms with Crippen LogP contribution in [0.25, 0.3) is 0 Å². The van der Waals surface area contributed by atoms with Crippen LogP contribution in [0.3, 0.4) is 0 Å². The summed E-state index contributed by atoms with van der Waals surface area (Å²) in [6.07, 6.45) is 3.08. The fourth-order valence-electron chi connectivity index (χ4n) is 0.155. The monoisotopic (exact) mass is 101 g/mol. The van der Waals surface area contributed by atoms with Gasteiger partial charge in [-0.05, 0) is 6.42 Å². The summed E-state index contributed by atoms with van der Waals surface area (Å²) >= 11 is 0. The second-order valence-electron chi connectivity index (χ2n) is 0.956. The Balaban J connectivity index is 2.56. The summed E-state index contributed by atoms with van der Waals surface area (Å²) in [6, 6.07) is 0. The van der Waals surface area contributed by atoms with Gasteiger partial charge in [0.1, 0.15) is 6.26 Å². The molecule has 0 aliphatic rings. The molecule has 0 unspecified atom stereocenters. The molecule has 0 N–H and O–H groups in total. The Morgan fingerprint density at radius 2 is 2.43 bits per heavy atom. The largest absolute Gasteiger partial charge is 0.346 e. The molecule has 0 aromatic heterocycles. The second kappa shape index (κ2) is 5.50. The third kappa shape index (κ3) is 5.50. The molecule has 0 fully saturated rings. The Bertz CT molecular complexity index is 43.3. The van der Waals surface area contributed by atoms with Crippen molar-refractivity contribution < 1.29 is 9.78 Å². The van der Waals surface area contributed by atoms with Crippen molar-refractivity contribution in [3.8, 4) is 0 Å². The molecule has 0 aliphatic carbocycles. The van der Waals surface area contributed by atoms with E-state index in [9.17, 15) is 0 Å². The van der Waals surface area contributed by atoms with Gasteiger partial charge in [-0.1, -0.05) is 13.5 Å². The van der Waals surface area contributed by atoms with Crippen LogP contribution in [0, 0.1) is 6.42 Å². The van der Waals surface area contributed by atoms with Crippen molar-refractivity contribution in [2.45, 2.75) is 6.92 Å². The molecule has 0 amide bonds. The highest BCUT2D eigenvalue weighted by Crippen LogP contribution is 1.79. The van der Waals surface area contributed by atoms with Crippen LogP contribution in [-0.4, -0.2) is 6.61 Å². The Morgan fingerprint density at radius 3 is 2.86 bits per heavy atom. The number of hydrogen-bond acceptors (Lipinski definition) is 2. The molecule has 0 aliphatic heterocycles. The molecular weight excluding hydrogens is 92.1 g/mol. The Labute approximate surface area is 43.7 Å². The first-order valence-corrected chi connectivity index (χ1v) is 2.08. The van der Waals surface area contributed by atoms with Crippen molar-refractivity contribution in [1.29, 1.82) is 0 Å². The Morgan fingerprint density at radius 1 is 1.71 bits per heavy atom. The number of rotatable bonds is 4. The predicted octanol–water partition coefficient (Wildman–Crippen LogP) is 1.30. The highest BCUT2D eigenvalue weighted by molar-refractivity contribution is 4.49. The van der Waals surface area contributed by atoms with Gasteiger partial charge in [-0.3, -0.25) is 0 Å². The molecule has 1 radical (unpaired) electrons. The molecule has 2 heteroatoms. The van der Waals surface area contributed by atoms with Crippen molar-refractivity contribution in [2.75, 3.05) is 6.61 Å². The molecule has 0 saturated carbocycles. The highest BCUT2D eigenvalue weighted by Gasteiger charge is 1.76. The van der Waals surface area contributed by atoms with E-state index in [0.29, 0.717) is 6.61 Å². The zero-order valence-corrected chi connectivity index (χ0v) is 4.39. The summed E-state index contributed by atoms with van der Waals surface area (Å²) in [5.74, 6) is 0. The molecule has 0 aromatic carbocycles. The fraction of sp³-hybridized carbons (Fsp3) is 0.400. The van der Waals surface area contributed by atoms with Gasteiger partial charge in [0.25, 0.3) is 0 Å². The van der Waals surface area contributed by atoms with Crippen LogP contribution in [0.5, 0.6) is 0 Å². The molecule has 2 nitrogen and oxygen atoms in total. The lowest BCUT2D eigenvalue weighted by molar-refractivity contribution is -0.241. The van der Waals surface area contributed by atoms with Gasteiger partial charge in [0.2, 0.25) is 0 Å². The van der Waals surface area contributed by atoms with Gasteiger partial charge in [0, 0.05) is 0 Å². The van der Waals surface area contributed by atoms with Crippen LogP contribution < -0.4 is 0 Å². The van der Waals surface area contributed by atoms with Crippen molar-refractivity contribution in [3.63, 3.8) is 0 Å². The van der Waals surface area contributed by atoms with Crippen molar-refractivity contribution in [1.82, 2.24) is 0 Å². The van der Waals surface area contributed by atoms with E-state index in [2.05, 4.69) is 16.4 Å². The Kier molecular flexibility index (Phi) is 5.11. The lowest BCUT2D eigenvalue weighted by atomic mass is 10.5. The lowest BCUT2D eigenvalue weighted by Gasteiger charge is -1.93. The maximum atomic E-state index is 4.46. The first kappa shape index (κ1) is 6.50. The summed E-state index contributed by atoms with van der Waals surface area (Å²) in [7, 11) is 0. The van der Waals surface area contributed by atoms with Crippen LogP contribution in [0.1, 0.15) is 6.92 Å². The van der Waals surface area contributed by atoms with E-state index in [4.69, 9.17) is 0 Å². The molecular formula is C5H9O2. The zero-order chi connectivity index (χ0) is 5.54. The van der Waals surface area contributed by atoms with Gasteiger partial charge in [-0.25, -0.2) is 0 Å². The number of hydrogen-bond donors (Lipinski definition) is 0. The quantitative estimate of drug-likeness (QED) is 0.230. The van der Waals surface area contributed by atoms with Gasteiger partial charge in [-0.15, -0.1) is 0 Å². The van der Waals surface area contributed by atoms with Gasteiger partial charge in [0.05, 0.1) is 6.61 Å². The smallest absolute Gasteiger partial charge is 0.122 e. The minimum absolute atomic E-state index is 0.506. The van der Waals surface area contributed by atoms with E-state index in [0.717, 1.165) is 0 Å². The molecule has 41 valence electrons. The molecule has 0 rings (SSSR count). The van der Waals surface area contributed by atoms with Gasteiger partial charge >= 0.3 is 0 Å². The van der Waals surface area contributed by atoms with E-state index >= 15 is 0 Å². The summed E-state index contributed by atoms with van der Waals surface area (Å²) in [5.41, 5.74) is 0.